The van der Waals surface area contributed by atoms with E-state index in [4.69, 9.17) is 0 Å². The molecule has 0 bridgehead atoms. The first-order chi connectivity index (χ1) is 11.5. The van der Waals surface area contributed by atoms with E-state index in [1.165, 1.54) is 31.7 Å². The van der Waals surface area contributed by atoms with E-state index >= 15 is 0 Å². The van der Waals surface area contributed by atoms with Gasteiger partial charge in [-0.2, -0.15) is 0 Å². The Morgan fingerprint density at radius 3 is 2.04 bits per heavy atom. The van der Waals surface area contributed by atoms with Crippen LogP contribution in [-0.4, -0.2) is 0 Å². The van der Waals surface area contributed by atoms with Crippen molar-refractivity contribution in [1.29, 1.82) is 0 Å². The van der Waals surface area contributed by atoms with Gasteiger partial charge in [0.1, 0.15) is 4.90 Å². The summed E-state index contributed by atoms with van der Waals surface area (Å²) in [5.41, 5.74) is 1.10. The molecule has 0 heterocycles. The van der Waals surface area contributed by atoms with Gasteiger partial charge in [0.25, 0.3) is 0 Å². The summed E-state index contributed by atoms with van der Waals surface area (Å²) in [6, 6.07) is 7.42. The third-order valence-electron chi connectivity index (χ3n) is 5.30. The molecule has 0 N–H and O–H groups in total. The van der Waals surface area contributed by atoms with Crippen LogP contribution in [0, 0.1) is 5.92 Å². The van der Waals surface area contributed by atoms with E-state index in [0.29, 0.717) is 23.4 Å². The smallest absolute Gasteiger partial charge is 0.0936 e. The van der Waals surface area contributed by atoms with Gasteiger partial charge in [-0.05, 0) is 66.0 Å². The van der Waals surface area contributed by atoms with Gasteiger partial charge in [-0.1, -0.05) is 63.5 Å². The van der Waals surface area contributed by atoms with Gasteiger partial charge in [-0.25, -0.2) is 0 Å². The molecule has 0 atom stereocenters. The lowest BCUT2D eigenvalue weighted by atomic mass is 9.77. The van der Waals surface area contributed by atoms with Gasteiger partial charge in [0.15, 0.2) is 0 Å². The molecule has 1 aliphatic carbocycles. The lowest BCUT2D eigenvalue weighted by Crippen LogP contribution is -2.13. The van der Waals surface area contributed by atoms with Crippen LogP contribution in [0.2, 0.25) is 0 Å². The molecule has 25 heavy (non-hydrogen) atoms. The van der Waals surface area contributed by atoms with Crippen LogP contribution in [0.4, 0.5) is 19.4 Å². The van der Waals surface area contributed by atoms with E-state index < -0.39 is 15.1 Å². The predicted molar refractivity (Wildman–Crippen MR) is 95.0 cm³/mol. The fourth-order valence-corrected chi connectivity index (χ4v) is 4.60. The normalized spacial score (nSPS) is 24.7. The fraction of sp³-hybridized carbons (Fsp3) is 0.474. The van der Waals surface area contributed by atoms with Crippen LogP contribution in [0.15, 0.2) is 41.3 Å². The van der Waals surface area contributed by atoms with Gasteiger partial charge in [-0.3, -0.25) is 0 Å². The minimum atomic E-state index is -9.62. The zero-order valence-electron chi connectivity index (χ0n) is 14.2. The molecule has 3 rings (SSSR count). The lowest BCUT2D eigenvalue weighted by Gasteiger charge is -2.40. The molecule has 1 aliphatic rings. The van der Waals surface area contributed by atoms with Crippen LogP contribution in [0.3, 0.4) is 0 Å². The Hall–Kier alpha value is -1.30. The zero-order chi connectivity index (χ0) is 18.4. The second kappa shape index (κ2) is 5.60. The van der Waals surface area contributed by atoms with E-state index in [-0.39, 0.29) is 5.39 Å². The van der Waals surface area contributed by atoms with Crippen molar-refractivity contribution in [2.75, 3.05) is 0 Å². The van der Waals surface area contributed by atoms with Crippen molar-refractivity contribution >= 4 is 21.0 Å². The molecule has 0 unspecified atom stereocenters. The maximum atomic E-state index is 12.9. The summed E-state index contributed by atoms with van der Waals surface area (Å²) in [4.78, 5) is -1.82. The highest BCUT2D eigenvalue weighted by molar-refractivity contribution is 8.45. The first kappa shape index (κ1) is 18.5. The topological polar surface area (TPSA) is 0 Å². The average Bonchev–Trinajstić information content (AvgIpc) is 2.53. The summed E-state index contributed by atoms with van der Waals surface area (Å²) < 4.78 is 64.7. The Labute approximate surface area is 145 Å². The second-order valence-electron chi connectivity index (χ2n) is 7.24. The highest BCUT2D eigenvalue weighted by atomic mass is 32.5. The molecule has 0 saturated heterocycles. The Balaban J connectivity index is 1.85. The number of benzene rings is 2. The molecule has 0 aliphatic heterocycles. The first-order valence-corrected chi connectivity index (χ1v) is 10.7. The van der Waals surface area contributed by atoms with Crippen LogP contribution in [-0.2, 0) is 0 Å². The minimum absolute atomic E-state index is 0.203. The van der Waals surface area contributed by atoms with Gasteiger partial charge in [0.2, 0.25) is 0 Å². The minimum Gasteiger partial charge on any atom is -0.0936 e. The van der Waals surface area contributed by atoms with E-state index in [1.54, 1.807) is 6.07 Å². The molecule has 0 spiro atoms. The van der Waals surface area contributed by atoms with E-state index in [2.05, 4.69) is 6.92 Å². The van der Waals surface area contributed by atoms with Crippen LogP contribution < -0.4 is 0 Å². The standard InChI is InChI=1S/C19H23F5S/c1-2-3-14-4-6-15(7-5-14)16-8-9-18-13-19(11-10-17(18)12-16)25(20,21,22,23)24/h8-15H,2-7H2,1H3. The molecule has 2 aromatic rings. The predicted octanol–water partition coefficient (Wildman–Crippen LogP) is 8.57. The zero-order valence-corrected chi connectivity index (χ0v) is 15.0. The summed E-state index contributed by atoms with van der Waals surface area (Å²) in [6.07, 6.45) is 6.97. The molecule has 0 radical (unpaired) electrons. The summed E-state index contributed by atoms with van der Waals surface area (Å²) in [5.74, 6) is 1.19. The third kappa shape index (κ3) is 4.27. The number of rotatable bonds is 4. The summed E-state index contributed by atoms with van der Waals surface area (Å²) >= 11 is 0. The maximum absolute atomic E-state index is 12.9. The van der Waals surface area contributed by atoms with Gasteiger partial charge < -0.3 is 0 Å². The summed E-state index contributed by atoms with van der Waals surface area (Å²) in [6.45, 7) is 2.19. The van der Waals surface area contributed by atoms with E-state index in [1.807, 2.05) is 6.07 Å². The number of hydrogen-bond acceptors (Lipinski definition) is 0. The van der Waals surface area contributed by atoms with Crippen LogP contribution >= 0.6 is 10.2 Å². The summed E-state index contributed by atoms with van der Waals surface area (Å²) in [5, 5.41) is 0.785. The Morgan fingerprint density at radius 1 is 0.840 bits per heavy atom. The van der Waals surface area contributed by atoms with Gasteiger partial charge in [-0.15, -0.1) is 0 Å². The quantitative estimate of drug-likeness (QED) is 0.467. The molecule has 0 nitrogen and oxygen atoms in total. The number of hydrogen-bond donors (Lipinski definition) is 0. The number of fused-ring (bicyclic) bond motifs is 1. The SMILES string of the molecule is CCCC1CCC(c2ccc3cc(S(F)(F)(F)(F)F)ccc3c2)CC1. The largest absolute Gasteiger partial charge is 0.310 e. The van der Waals surface area contributed by atoms with Crippen molar-refractivity contribution < 1.29 is 19.4 Å². The third-order valence-corrected chi connectivity index (χ3v) is 6.44. The Morgan fingerprint density at radius 2 is 1.44 bits per heavy atom. The Bertz CT molecular complexity index is 774. The molecule has 0 aromatic heterocycles. The number of halogens is 5. The molecule has 6 heteroatoms. The monoisotopic (exact) mass is 378 g/mol. The van der Waals surface area contributed by atoms with E-state index in [9.17, 15) is 19.4 Å². The molecular weight excluding hydrogens is 355 g/mol. The molecule has 2 aromatic carbocycles. The van der Waals surface area contributed by atoms with Crippen LogP contribution in [0.5, 0.6) is 0 Å². The van der Waals surface area contributed by atoms with Crippen molar-refractivity contribution in [3.8, 4) is 0 Å². The van der Waals surface area contributed by atoms with Gasteiger partial charge in [0.05, 0.1) is 0 Å². The molecule has 0 amide bonds. The van der Waals surface area contributed by atoms with E-state index in [0.717, 1.165) is 30.4 Å². The average molecular weight is 378 g/mol. The van der Waals surface area contributed by atoms with Gasteiger partial charge >= 0.3 is 10.2 Å². The Kier molecular flexibility index (Phi) is 4.14. The highest BCUT2D eigenvalue weighted by Crippen LogP contribution is 3.02. The highest BCUT2D eigenvalue weighted by Gasteiger charge is 2.65. The molecular formula is C19H23F5S. The van der Waals surface area contributed by atoms with Crippen LogP contribution in [0.1, 0.15) is 56.9 Å². The van der Waals surface area contributed by atoms with Crippen molar-refractivity contribution in [2.24, 2.45) is 5.92 Å². The van der Waals surface area contributed by atoms with Crippen molar-refractivity contribution in [3.05, 3.63) is 42.0 Å². The lowest BCUT2D eigenvalue weighted by molar-refractivity contribution is 0.308. The van der Waals surface area contributed by atoms with Crippen LogP contribution in [0.25, 0.3) is 10.8 Å². The molecule has 1 fully saturated rings. The first-order valence-electron chi connectivity index (χ1n) is 8.74. The fourth-order valence-electron chi connectivity index (χ4n) is 3.93. The maximum Gasteiger partial charge on any atom is 0.310 e. The summed E-state index contributed by atoms with van der Waals surface area (Å²) in [7, 11) is -9.62. The van der Waals surface area contributed by atoms with Crippen molar-refractivity contribution in [1.82, 2.24) is 0 Å². The van der Waals surface area contributed by atoms with Crippen molar-refractivity contribution in [2.45, 2.75) is 56.3 Å². The van der Waals surface area contributed by atoms with Gasteiger partial charge in [0, 0.05) is 0 Å². The molecule has 140 valence electrons. The molecule has 1 saturated carbocycles. The van der Waals surface area contributed by atoms with Crippen molar-refractivity contribution in [3.63, 3.8) is 0 Å². The second-order valence-corrected chi connectivity index (χ2v) is 9.65.